The quantitative estimate of drug-likeness (QED) is 0.273. The van der Waals surface area contributed by atoms with E-state index in [1.54, 1.807) is 0 Å². The topological polar surface area (TPSA) is 165 Å². The van der Waals surface area contributed by atoms with Gasteiger partial charge in [0.05, 0.1) is 24.2 Å². The highest BCUT2D eigenvalue weighted by Crippen LogP contribution is 2.34. The highest BCUT2D eigenvalue weighted by molar-refractivity contribution is 7.89. The number of nitrogens with zero attached hydrogens (tertiary/aromatic N) is 4. The zero-order chi connectivity index (χ0) is 25.3. The smallest absolute Gasteiger partial charge is 0.209 e. The van der Waals surface area contributed by atoms with Gasteiger partial charge in [-0.3, -0.25) is 4.57 Å². The van der Waals surface area contributed by atoms with Gasteiger partial charge in [0.2, 0.25) is 10.0 Å². The van der Waals surface area contributed by atoms with Gasteiger partial charge in [0.1, 0.15) is 18.5 Å². The van der Waals surface area contributed by atoms with Crippen LogP contribution in [0.5, 0.6) is 0 Å². The Morgan fingerprint density at radius 2 is 1.61 bits per heavy atom. The number of aliphatic hydroxyl groups excluding tert-OH is 2. The van der Waals surface area contributed by atoms with Gasteiger partial charge < -0.3 is 20.3 Å². The van der Waals surface area contributed by atoms with Crippen LogP contribution in [0.25, 0.3) is 11.2 Å². The fourth-order valence-electron chi connectivity index (χ4n) is 4.41. The van der Waals surface area contributed by atoms with Crippen molar-refractivity contribution >= 4 is 27.0 Å². The largest absolute Gasteiger partial charge is 0.388 e. The van der Waals surface area contributed by atoms with E-state index in [9.17, 15) is 18.6 Å². The number of anilines is 1. The third-order valence-corrected chi connectivity index (χ3v) is 7.01. The van der Waals surface area contributed by atoms with Crippen molar-refractivity contribution in [2.75, 3.05) is 11.1 Å². The summed E-state index contributed by atoms with van der Waals surface area (Å²) < 4.78 is 30.0. The summed E-state index contributed by atoms with van der Waals surface area (Å²) in [6.07, 6.45) is -1.77. The Hall–Kier alpha value is -3.42. The second-order valence-electron chi connectivity index (χ2n) is 8.65. The number of nitrogens with one attached hydrogen (secondary N) is 1. The summed E-state index contributed by atoms with van der Waals surface area (Å²) in [6, 6.07) is 19.6. The SMILES string of the molecule is NS(=O)(=O)CCC1OC(n2cnc3c(NC(c4ccccc4)c4ccccc4)ncnc32)C(O)C1O. The minimum atomic E-state index is -3.74. The molecule has 11 nitrogen and oxygen atoms in total. The molecule has 1 aliphatic rings. The van der Waals surface area contributed by atoms with Crippen LogP contribution in [-0.2, 0) is 14.8 Å². The summed E-state index contributed by atoms with van der Waals surface area (Å²) in [4.78, 5) is 13.2. The number of rotatable bonds is 8. The van der Waals surface area contributed by atoms with Crippen molar-refractivity contribution in [3.05, 3.63) is 84.4 Å². The maximum absolute atomic E-state index is 11.3. The third-order valence-electron chi connectivity index (χ3n) is 6.20. The Morgan fingerprint density at radius 3 is 2.22 bits per heavy atom. The van der Waals surface area contributed by atoms with Crippen LogP contribution in [0.3, 0.4) is 0 Å². The molecule has 0 spiro atoms. The van der Waals surface area contributed by atoms with Gasteiger partial charge >= 0.3 is 0 Å². The molecular formula is C24H26N6O5S. The fraction of sp³-hybridized carbons (Fsp3) is 0.292. The third kappa shape index (κ3) is 4.94. The van der Waals surface area contributed by atoms with Gasteiger partial charge in [-0.15, -0.1) is 0 Å². The molecule has 2 aromatic heterocycles. The van der Waals surface area contributed by atoms with Gasteiger partial charge in [-0.2, -0.15) is 0 Å². The molecule has 1 saturated heterocycles. The van der Waals surface area contributed by atoms with Crippen molar-refractivity contribution in [1.29, 1.82) is 0 Å². The van der Waals surface area contributed by atoms with Crippen molar-refractivity contribution in [1.82, 2.24) is 19.5 Å². The molecular weight excluding hydrogens is 484 g/mol. The second kappa shape index (κ2) is 9.91. The number of hydrogen-bond acceptors (Lipinski definition) is 9. The summed E-state index contributed by atoms with van der Waals surface area (Å²) >= 11 is 0. The summed E-state index contributed by atoms with van der Waals surface area (Å²) in [5, 5.41) is 29.6. The van der Waals surface area contributed by atoms with Crippen LogP contribution in [0.1, 0.15) is 29.8 Å². The molecule has 12 heteroatoms. The molecule has 0 saturated carbocycles. The first kappa shape index (κ1) is 24.3. The van der Waals surface area contributed by atoms with E-state index < -0.39 is 34.6 Å². The van der Waals surface area contributed by atoms with E-state index in [1.807, 2.05) is 60.7 Å². The molecule has 1 fully saturated rings. The Balaban J connectivity index is 1.46. The van der Waals surface area contributed by atoms with Crippen LogP contribution in [0, 0.1) is 0 Å². The lowest BCUT2D eigenvalue weighted by molar-refractivity contribution is -0.0353. The van der Waals surface area contributed by atoms with Crippen LogP contribution in [0.2, 0.25) is 0 Å². The maximum atomic E-state index is 11.3. The molecule has 4 aromatic rings. The van der Waals surface area contributed by atoms with Crippen LogP contribution in [0.4, 0.5) is 5.82 Å². The average molecular weight is 511 g/mol. The molecule has 4 unspecified atom stereocenters. The van der Waals surface area contributed by atoms with E-state index in [1.165, 1.54) is 17.2 Å². The molecule has 5 rings (SSSR count). The zero-order valence-electron chi connectivity index (χ0n) is 19.1. The first-order chi connectivity index (χ1) is 17.3. The lowest BCUT2D eigenvalue weighted by Crippen LogP contribution is -2.33. The number of sulfonamides is 1. The lowest BCUT2D eigenvalue weighted by atomic mass is 9.99. The number of hydrogen-bond donors (Lipinski definition) is 4. The van der Waals surface area contributed by atoms with E-state index in [4.69, 9.17) is 9.88 Å². The van der Waals surface area contributed by atoms with Crippen molar-refractivity contribution in [3.8, 4) is 0 Å². The minimum Gasteiger partial charge on any atom is -0.388 e. The summed E-state index contributed by atoms with van der Waals surface area (Å²) in [6.45, 7) is 0. The molecule has 5 N–H and O–H groups in total. The predicted octanol–water partition coefficient (Wildman–Crippen LogP) is 1.33. The number of fused-ring (bicyclic) bond motifs is 1. The van der Waals surface area contributed by atoms with Crippen LogP contribution < -0.4 is 10.5 Å². The number of aromatic nitrogens is 4. The number of benzene rings is 2. The molecule has 0 bridgehead atoms. The highest BCUT2D eigenvalue weighted by atomic mass is 32.2. The van der Waals surface area contributed by atoms with Crippen molar-refractivity contribution in [2.45, 2.75) is 37.0 Å². The Kier molecular flexibility index (Phi) is 6.69. The zero-order valence-corrected chi connectivity index (χ0v) is 19.9. The summed E-state index contributed by atoms with van der Waals surface area (Å²) in [5.41, 5.74) is 2.90. The molecule has 0 aliphatic carbocycles. The van der Waals surface area contributed by atoms with Crippen molar-refractivity contribution < 1.29 is 23.4 Å². The van der Waals surface area contributed by atoms with Gasteiger partial charge in [-0.05, 0) is 17.5 Å². The van der Waals surface area contributed by atoms with Gasteiger partial charge in [0, 0.05) is 0 Å². The Labute approximate surface area is 207 Å². The number of aliphatic hydroxyl groups is 2. The first-order valence-corrected chi connectivity index (χ1v) is 13.1. The minimum absolute atomic E-state index is 0.0577. The monoisotopic (exact) mass is 510 g/mol. The fourth-order valence-corrected chi connectivity index (χ4v) is 4.97. The standard InChI is InChI=1S/C24H26N6O5S/c25-36(33,34)12-11-17-20(31)21(32)24(35-17)30-14-28-19-22(26-13-27-23(19)30)29-18(15-7-3-1-4-8-15)16-9-5-2-6-10-16/h1-10,13-14,17-18,20-21,24,31-32H,11-12H2,(H2,25,33,34)(H,26,27,29). The number of nitrogens with two attached hydrogens (primary N) is 1. The summed E-state index contributed by atoms with van der Waals surface area (Å²) in [7, 11) is -3.74. The van der Waals surface area contributed by atoms with Gasteiger partial charge in [-0.25, -0.2) is 28.5 Å². The normalized spacial score (nSPS) is 22.3. The molecule has 2 aromatic carbocycles. The number of primary sulfonamides is 1. The van der Waals surface area contributed by atoms with Gasteiger partial charge in [0.25, 0.3) is 0 Å². The van der Waals surface area contributed by atoms with E-state index in [2.05, 4.69) is 20.3 Å². The highest BCUT2D eigenvalue weighted by Gasteiger charge is 2.44. The van der Waals surface area contributed by atoms with E-state index in [0.29, 0.717) is 17.0 Å². The predicted molar refractivity (Wildman–Crippen MR) is 132 cm³/mol. The maximum Gasteiger partial charge on any atom is 0.209 e. The average Bonchev–Trinajstić information content (AvgIpc) is 3.43. The molecule has 36 heavy (non-hydrogen) atoms. The van der Waals surface area contributed by atoms with Crippen molar-refractivity contribution in [2.24, 2.45) is 5.14 Å². The van der Waals surface area contributed by atoms with Gasteiger partial charge in [0.15, 0.2) is 23.2 Å². The number of ether oxygens (including phenoxy) is 1. The number of imidazole rings is 1. The Morgan fingerprint density at radius 1 is 0.972 bits per heavy atom. The Bertz CT molecular complexity index is 1390. The van der Waals surface area contributed by atoms with E-state index in [0.717, 1.165) is 11.1 Å². The molecule has 3 heterocycles. The van der Waals surface area contributed by atoms with Gasteiger partial charge in [-0.1, -0.05) is 60.7 Å². The van der Waals surface area contributed by atoms with Crippen LogP contribution >= 0.6 is 0 Å². The molecule has 1 aliphatic heterocycles. The summed E-state index contributed by atoms with van der Waals surface area (Å²) in [5.74, 6) is 0.102. The van der Waals surface area contributed by atoms with E-state index in [-0.39, 0.29) is 18.2 Å². The van der Waals surface area contributed by atoms with Crippen LogP contribution in [-0.4, -0.2) is 62.2 Å². The molecule has 4 atom stereocenters. The molecule has 188 valence electrons. The molecule has 0 amide bonds. The first-order valence-electron chi connectivity index (χ1n) is 11.4. The lowest BCUT2D eigenvalue weighted by Gasteiger charge is -2.21. The second-order valence-corrected chi connectivity index (χ2v) is 10.4. The van der Waals surface area contributed by atoms with Crippen LogP contribution in [0.15, 0.2) is 73.3 Å². The molecule has 0 radical (unpaired) electrons. The van der Waals surface area contributed by atoms with E-state index >= 15 is 0 Å². The van der Waals surface area contributed by atoms with Crippen molar-refractivity contribution in [3.63, 3.8) is 0 Å².